The monoisotopic (exact) mass is 384 g/mol. The quantitative estimate of drug-likeness (QED) is 0.804. The number of aromatic amines is 1. The maximum atomic E-state index is 9.68. The van der Waals surface area contributed by atoms with Crippen LogP contribution < -0.4 is 0 Å². The van der Waals surface area contributed by atoms with Gasteiger partial charge in [-0.1, -0.05) is 18.2 Å². The number of aromatic nitrogens is 1. The number of benzene rings is 1. The van der Waals surface area contributed by atoms with Crippen molar-refractivity contribution in [3.63, 3.8) is 0 Å². The lowest BCUT2D eigenvalue weighted by molar-refractivity contribution is 0.0000743. The highest BCUT2D eigenvalue weighted by atomic mass is 16.3. The molecule has 0 bridgehead atoms. The van der Waals surface area contributed by atoms with Gasteiger partial charge in [-0.05, 0) is 57.8 Å². The van der Waals surface area contributed by atoms with Crippen molar-refractivity contribution in [2.45, 2.75) is 57.8 Å². The highest BCUT2D eigenvalue weighted by Gasteiger charge is 2.34. The molecule has 0 saturated carbocycles. The second-order valence-corrected chi connectivity index (χ2v) is 8.86. The number of piperidine rings is 1. The number of fused-ring (bicyclic) bond motifs is 1. The molecule has 0 radical (unpaired) electrons. The molecule has 1 aromatic carbocycles. The molecule has 28 heavy (non-hydrogen) atoms. The number of nitrogens with one attached hydrogen (secondary N) is 1. The molecule has 0 amide bonds. The predicted molar refractivity (Wildman–Crippen MR) is 116 cm³/mol. The maximum absolute atomic E-state index is 9.68. The highest BCUT2D eigenvalue weighted by Crippen LogP contribution is 2.26. The lowest BCUT2D eigenvalue weighted by atomic mass is 9.97. The molecule has 2 N–H and O–H groups in total. The molecule has 3 heterocycles. The van der Waals surface area contributed by atoms with Gasteiger partial charge in [-0.15, -0.1) is 0 Å². The SMILES string of the molecule is CC(C)N1CCC(N2CCN(Cc3c[nH]c4ccccc34)C[C@@H]2CCO)CC1. The Kier molecular flexibility index (Phi) is 6.36. The van der Waals surface area contributed by atoms with E-state index in [-0.39, 0.29) is 6.61 Å². The smallest absolute Gasteiger partial charge is 0.0457 e. The van der Waals surface area contributed by atoms with Crippen LogP contribution in [0, 0.1) is 0 Å². The number of H-pyrrole nitrogens is 1. The molecule has 2 aliphatic rings. The average Bonchev–Trinajstić information content (AvgIpc) is 3.12. The van der Waals surface area contributed by atoms with Gasteiger partial charge in [0.1, 0.15) is 0 Å². The van der Waals surface area contributed by atoms with Gasteiger partial charge in [0.25, 0.3) is 0 Å². The summed E-state index contributed by atoms with van der Waals surface area (Å²) in [6, 6.07) is 10.4. The minimum Gasteiger partial charge on any atom is -0.396 e. The molecule has 154 valence electrons. The van der Waals surface area contributed by atoms with Crippen LogP contribution in [0.2, 0.25) is 0 Å². The Labute approximate surface area is 169 Å². The number of piperazine rings is 1. The second-order valence-electron chi connectivity index (χ2n) is 8.86. The van der Waals surface area contributed by atoms with Gasteiger partial charge < -0.3 is 15.0 Å². The van der Waals surface area contributed by atoms with E-state index in [4.69, 9.17) is 0 Å². The van der Waals surface area contributed by atoms with E-state index in [1.54, 1.807) is 0 Å². The van der Waals surface area contributed by atoms with Crippen LogP contribution in [-0.2, 0) is 6.54 Å². The number of hydrogen-bond acceptors (Lipinski definition) is 4. The zero-order chi connectivity index (χ0) is 19.5. The van der Waals surface area contributed by atoms with Crippen molar-refractivity contribution < 1.29 is 5.11 Å². The summed E-state index contributed by atoms with van der Waals surface area (Å²) in [5.74, 6) is 0. The third kappa shape index (κ3) is 4.28. The van der Waals surface area contributed by atoms with Crippen molar-refractivity contribution >= 4 is 10.9 Å². The average molecular weight is 385 g/mol. The van der Waals surface area contributed by atoms with Crippen LogP contribution in [0.25, 0.3) is 10.9 Å². The van der Waals surface area contributed by atoms with Crippen molar-refractivity contribution in [2.24, 2.45) is 0 Å². The molecule has 0 spiro atoms. The van der Waals surface area contributed by atoms with E-state index in [1.807, 2.05) is 0 Å². The first-order chi connectivity index (χ1) is 13.7. The van der Waals surface area contributed by atoms with Crippen molar-refractivity contribution in [1.29, 1.82) is 0 Å². The van der Waals surface area contributed by atoms with Crippen LogP contribution in [0.1, 0.15) is 38.7 Å². The summed E-state index contributed by atoms with van der Waals surface area (Å²) in [5, 5.41) is 11.0. The van der Waals surface area contributed by atoms with Crippen molar-refractivity contribution in [1.82, 2.24) is 19.7 Å². The molecule has 0 aliphatic carbocycles. The Morgan fingerprint density at radius 2 is 1.89 bits per heavy atom. The van der Waals surface area contributed by atoms with Crippen LogP contribution in [0.5, 0.6) is 0 Å². The summed E-state index contributed by atoms with van der Waals surface area (Å²) < 4.78 is 0. The third-order valence-electron chi connectivity index (χ3n) is 6.84. The highest BCUT2D eigenvalue weighted by molar-refractivity contribution is 5.82. The van der Waals surface area contributed by atoms with Gasteiger partial charge in [0.05, 0.1) is 0 Å². The van der Waals surface area contributed by atoms with Crippen molar-refractivity contribution in [3.8, 4) is 0 Å². The van der Waals surface area contributed by atoms with E-state index in [1.165, 1.54) is 42.4 Å². The fourth-order valence-corrected chi connectivity index (χ4v) is 5.20. The zero-order valence-electron chi connectivity index (χ0n) is 17.5. The molecule has 2 saturated heterocycles. The molecular formula is C23H36N4O. The van der Waals surface area contributed by atoms with Gasteiger partial charge in [0, 0.05) is 68.0 Å². The summed E-state index contributed by atoms with van der Waals surface area (Å²) in [5.41, 5.74) is 2.61. The van der Waals surface area contributed by atoms with Gasteiger partial charge in [-0.25, -0.2) is 0 Å². The first-order valence-electron chi connectivity index (χ1n) is 11.0. The van der Waals surface area contributed by atoms with Crippen molar-refractivity contribution in [3.05, 3.63) is 36.0 Å². The summed E-state index contributed by atoms with van der Waals surface area (Å²) in [6.45, 7) is 11.6. The van der Waals surface area contributed by atoms with E-state index in [9.17, 15) is 5.11 Å². The molecular weight excluding hydrogens is 348 g/mol. The van der Waals surface area contributed by atoms with E-state index in [0.717, 1.165) is 32.6 Å². The van der Waals surface area contributed by atoms with E-state index in [0.29, 0.717) is 18.1 Å². The van der Waals surface area contributed by atoms with Gasteiger partial charge in [-0.2, -0.15) is 0 Å². The standard InChI is InChI=1S/C23H36N4O/c1-18(2)26-10-7-20(8-11-26)27-13-12-25(17-21(27)9-14-28)16-19-15-24-23-6-4-3-5-22(19)23/h3-6,15,18,20-21,24,28H,7-14,16-17H2,1-2H3/t21-/m0/s1. The van der Waals surface area contributed by atoms with Crippen LogP contribution in [0.3, 0.4) is 0 Å². The molecule has 5 nitrogen and oxygen atoms in total. The number of aliphatic hydroxyl groups is 1. The fourth-order valence-electron chi connectivity index (χ4n) is 5.20. The van der Waals surface area contributed by atoms with Crippen LogP contribution >= 0.6 is 0 Å². The van der Waals surface area contributed by atoms with Gasteiger partial charge in [0.15, 0.2) is 0 Å². The number of para-hydroxylation sites is 1. The number of hydrogen-bond donors (Lipinski definition) is 2. The largest absolute Gasteiger partial charge is 0.396 e. The second kappa shape index (κ2) is 8.95. The van der Waals surface area contributed by atoms with Crippen LogP contribution in [0.4, 0.5) is 0 Å². The first-order valence-corrected chi connectivity index (χ1v) is 11.0. The van der Waals surface area contributed by atoms with E-state index in [2.05, 4.69) is 64.0 Å². The predicted octanol–water partition coefficient (Wildman–Crippen LogP) is 2.91. The molecule has 1 aromatic heterocycles. The maximum Gasteiger partial charge on any atom is 0.0457 e. The fraction of sp³-hybridized carbons (Fsp3) is 0.652. The van der Waals surface area contributed by atoms with E-state index < -0.39 is 0 Å². The summed E-state index contributed by atoms with van der Waals surface area (Å²) in [6.07, 6.45) is 5.58. The minimum atomic E-state index is 0.285. The minimum absolute atomic E-state index is 0.285. The molecule has 2 aromatic rings. The third-order valence-corrected chi connectivity index (χ3v) is 6.84. The van der Waals surface area contributed by atoms with Crippen LogP contribution in [0.15, 0.2) is 30.5 Å². The van der Waals surface area contributed by atoms with Crippen molar-refractivity contribution in [2.75, 3.05) is 39.3 Å². The zero-order valence-corrected chi connectivity index (χ0v) is 17.5. The molecule has 2 aliphatic heterocycles. The van der Waals surface area contributed by atoms with Gasteiger partial charge in [-0.3, -0.25) is 9.80 Å². The topological polar surface area (TPSA) is 45.7 Å². The lowest BCUT2D eigenvalue weighted by Crippen LogP contribution is -2.58. The normalized spacial score (nSPS) is 23.8. The number of likely N-dealkylation sites (tertiary alicyclic amines) is 1. The Morgan fingerprint density at radius 1 is 1.11 bits per heavy atom. The lowest BCUT2D eigenvalue weighted by Gasteiger charge is -2.48. The Morgan fingerprint density at radius 3 is 2.64 bits per heavy atom. The number of aliphatic hydroxyl groups excluding tert-OH is 1. The Hall–Kier alpha value is -1.40. The summed E-state index contributed by atoms with van der Waals surface area (Å²) in [7, 11) is 0. The van der Waals surface area contributed by atoms with Crippen LogP contribution in [-0.4, -0.2) is 82.2 Å². The van der Waals surface area contributed by atoms with Gasteiger partial charge in [0.2, 0.25) is 0 Å². The van der Waals surface area contributed by atoms with Gasteiger partial charge >= 0.3 is 0 Å². The Bertz CT molecular complexity index is 750. The summed E-state index contributed by atoms with van der Waals surface area (Å²) in [4.78, 5) is 11.3. The molecule has 5 heteroatoms. The number of rotatable bonds is 6. The van der Waals surface area contributed by atoms with E-state index >= 15 is 0 Å². The molecule has 1 atom stereocenters. The number of nitrogens with zero attached hydrogens (tertiary/aromatic N) is 3. The first kappa shape index (κ1) is 19.9. The summed E-state index contributed by atoms with van der Waals surface area (Å²) >= 11 is 0. The Balaban J connectivity index is 1.39. The molecule has 2 fully saturated rings. The molecule has 4 rings (SSSR count). The molecule has 0 unspecified atom stereocenters.